The van der Waals surface area contributed by atoms with Crippen LogP contribution in [-0.4, -0.2) is 34.9 Å². The van der Waals surface area contributed by atoms with E-state index in [9.17, 15) is 18.0 Å². The van der Waals surface area contributed by atoms with Crippen LogP contribution < -0.4 is 0 Å². The average Bonchev–Trinajstić information content (AvgIpc) is 2.34. The molecule has 0 saturated carbocycles. The van der Waals surface area contributed by atoms with Gasteiger partial charge in [-0.3, -0.25) is 4.79 Å². The summed E-state index contributed by atoms with van der Waals surface area (Å²) in [6, 6.07) is 1.49. The summed E-state index contributed by atoms with van der Waals surface area (Å²) >= 11 is 1.74. The highest BCUT2D eigenvalue weighted by Crippen LogP contribution is 2.21. The summed E-state index contributed by atoms with van der Waals surface area (Å²) < 4.78 is 38.9. The van der Waals surface area contributed by atoms with Crippen LogP contribution in [0.2, 0.25) is 0 Å². The van der Waals surface area contributed by atoms with Gasteiger partial charge in [0.1, 0.15) is 0 Å². The predicted octanol–water partition coefficient (Wildman–Crippen LogP) is 2.68. The Kier molecular flexibility index (Phi) is 3.85. The number of hydrogen-bond acceptors (Lipinski definition) is 2. The van der Waals surface area contributed by atoms with Crippen molar-refractivity contribution in [3.8, 4) is 0 Å². The van der Waals surface area contributed by atoms with Crippen LogP contribution in [-0.2, 0) is 0 Å². The van der Waals surface area contributed by atoms with Crippen LogP contribution in [0.5, 0.6) is 0 Å². The Morgan fingerprint density at radius 2 is 1.94 bits per heavy atom. The lowest BCUT2D eigenvalue weighted by Gasteiger charge is -2.30. The molecule has 1 atom stereocenters. The molecule has 1 amide bonds. The van der Waals surface area contributed by atoms with E-state index in [1.165, 1.54) is 4.90 Å². The minimum absolute atomic E-state index is 0.148. The normalized spacial score (nSPS) is 20.0. The molecular weight excluding hydrogens is 263 g/mol. The smallest absolute Gasteiger partial charge is 0.254 e. The molecule has 0 bridgehead atoms. The maximum Gasteiger partial charge on any atom is 0.254 e. The molecule has 1 heterocycles. The molecule has 2 rings (SSSR count). The number of carbonyl (C=O) groups excluding carboxylic acids is 1. The monoisotopic (exact) mass is 275 g/mol. The standard InChI is InChI=1S/C12H12F3NOS/c1-7-6-16(2-3-18-7)12(17)8-4-9(13)11(15)10(14)5-8/h4-5,7H,2-3,6H2,1H3. The second-order valence-corrected chi connectivity index (χ2v) is 5.73. The van der Waals surface area contributed by atoms with Crippen molar-refractivity contribution < 1.29 is 18.0 Å². The van der Waals surface area contributed by atoms with Crippen molar-refractivity contribution in [1.29, 1.82) is 0 Å². The Morgan fingerprint density at radius 3 is 2.50 bits per heavy atom. The van der Waals surface area contributed by atoms with E-state index in [2.05, 4.69) is 0 Å². The topological polar surface area (TPSA) is 20.3 Å². The summed E-state index contributed by atoms with van der Waals surface area (Å²) in [7, 11) is 0. The third-order valence-corrected chi connectivity index (χ3v) is 3.90. The Bertz CT molecular complexity index is 457. The van der Waals surface area contributed by atoms with Crippen molar-refractivity contribution in [2.75, 3.05) is 18.8 Å². The molecule has 1 unspecified atom stereocenters. The van der Waals surface area contributed by atoms with Gasteiger partial charge in [-0.2, -0.15) is 11.8 Å². The molecule has 0 spiro atoms. The van der Waals surface area contributed by atoms with E-state index in [-0.39, 0.29) is 10.8 Å². The van der Waals surface area contributed by atoms with E-state index >= 15 is 0 Å². The maximum absolute atomic E-state index is 13.1. The van der Waals surface area contributed by atoms with Gasteiger partial charge in [0.15, 0.2) is 17.5 Å². The number of rotatable bonds is 1. The van der Waals surface area contributed by atoms with Gasteiger partial charge in [0.05, 0.1) is 0 Å². The minimum atomic E-state index is -1.55. The molecule has 1 aromatic carbocycles. The molecule has 1 aromatic rings. The zero-order valence-electron chi connectivity index (χ0n) is 9.75. The third-order valence-electron chi connectivity index (χ3n) is 2.76. The maximum atomic E-state index is 13.1. The van der Waals surface area contributed by atoms with Crippen molar-refractivity contribution >= 4 is 17.7 Å². The molecule has 1 aliphatic heterocycles. The first-order chi connectivity index (χ1) is 8.49. The van der Waals surface area contributed by atoms with E-state index in [4.69, 9.17) is 0 Å². The highest BCUT2D eigenvalue weighted by Gasteiger charge is 2.24. The second-order valence-electron chi connectivity index (χ2n) is 4.19. The first-order valence-electron chi connectivity index (χ1n) is 5.54. The number of carbonyl (C=O) groups is 1. The van der Waals surface area contributed by atoms with Crippen molar-refractivity contribution in [3.63, 3.8) is 0 Å². The number of thioether (sulfide) groups is 1. The minimum Gasteiger partial charge on any atom is -0.337 e. The van der Waals surface area contributed by atoms with Crippen molar-refractivity contribution in [1.82, 2.24) is 4.90 Å². The Hall–Kier alpha value is -1.17. The van der Waals surface area contributed by atoms with Crippen LogP contribution >= 0.6 is 11.8 Å². The lowest BCUT2D eigenvalue weighted by molar-refractivity contribution is 0.0762. The van der Waals surface area contributed by atoms with Gasteiger partial charge in [-0.25, -0.2) is 13.2 Å². The second kappa shape index (κ2) is 5.22. The lowest BCUT2D eigenvalue weighted by atomic mass is 10.1. The predicted molar refractivity (Wildman–Crippen MR) is 64.1 cm³/mol. The molecule has 1 saturated heterocycles. The van der Waals surface area contributed by atoms with E-state index in [0.717, 1.165) is 17.9 Å². The zero-order chi connectivity index (χ0) is 13.3. The van der Waals surface area contributed by atoms with Crippen LogP contribution in [0.1, 0.15) is 17.3 Å². The Morgan fingerprint density at radius 1 is 1.33 bits per heavy atom. The molecule has 0 aliphatic carbocycles. The first kappa shape index (κ1) is 13.3. The van der Waals surface area contributed by atoms with E-state index < -0.39 is 23.4 Å². The highest BCUT2D eigenvalue weighted by molar-refractivity contribution is 7.99. The fourth-order valence-corrected chi connectivity index (χ4v) is 2.88. The summed E-state index contributed by atoms with van der Waals surface area (Å²) in [6.45, 7) is 3.05. The van der Waals surface area contributed by atoms with Crippen molar-refractivity contribution in [2.24, 2.45) is 0 Å². The van der Waals surface area contributed by atoms with E-state index in [0.29, 0.717) is 13.1 Å². The van der Waals surface area contributed by atoms with Crippen LogP contribution in [0, 0.1) is 17.5 Å². The van der Waals surface area contributed by atoms with Crippen LogP contribution in [0.25, 0.3) is 0 Å². The molecule has 1 fully saturated rings. The largest absolute Gasteiger partial charge is 0.337 e. The quantitative estimate of drug-likeness (QED) is 0.734. The summed E-state index contributed by atoms with van der Waals surface area (Å²) in [5.41, 5.74) is -0.148. The molecule has 0 radical (unpaired) electrons. The van der Waals surface area contributed by atoms with Gasteiger partial charge >= 0.3 is 0 Å². The number of nitrogens with zero attached hydrogens (tertiary/aromatic N) is 1. The van der Waals surface area contributed by atoms with Gasteiger partial charge in [0.2, 0.25) is 0 Å². The lowest BCUT2D eigenvalue weighted by Crippen LogP contribution is -2.41. The van der Waals surface area contributed by atoms with E-state index in [1.807, 2.05) is 6.92 Å². The summed E-state index contributed by atoms with van der Waals surface area (Å²) in [5, 5.41) is 0.290. The molecule has 0 N–H and O–H groups in total. The Labute approximate surface area is 107 Å². The summed E-state index contributed by atoms with van der Waals surface area (Å²) in [6.07, 6.45) is 0. The van der Waals surface area contributed by atoms with Crippen LogP contribution in [0.3, 0.4) is 0 Å². The average molecular weight is 275 g/mol. The molecule has 98 valence electrons. The third kappa shape index (κ3) is 2.63. The fraction of sp³-hybridized carbons (Fsp3) is 0.417. The number of hydrogen-bond donors (Lipinski definition) is 0. The zero-order valence-corrected chi connectivity index (χ0v) is 10.6. The molecule has 1 aliphatic rings. The van der Waals surface area contributed by atoms with Gasteiger partial charge in [0, 0.05) is 29.7 Å². The van der Waals surface area contributed by atoms with Crippen LogP contribution in [0.15, 0.2) is 12.1 Å². The van der Waals surface area contributed by atoms with Gasteiger partial charge in [-0.1, -0.05) is 6.92 Å². The molecule has 18 heavy (non-hydrogen) atoms. The van der Waals surface area contributed by atoms with Crippen molar-refractivity contribution in [3.05, 3.63) is 35.1 Å². The highest BCUT2D eigenvalue weighted by atomic mass is 32.2. The first-order valence-corrected chi connectivity index (χ1v) is 6.59. The van der Waals surface area contributed by atoms with E-state index in [1.54, 1.807) is 11.8 Å². The Balaban J connectivity index is 2.23. The van der Waals surface area contributed by atoms with Gasteiger partial charge in [-0.15, -0.1) is 0 Å². The molecule has 2 nitrogen and oxygen atoms in total. The molecular formula is C12H12F3NOS. The van der Waals surface area contributed by atoms with Gasteiger partial charge in [0.25, 0.3) is 5.91 Å². The van der Waals surface area contributed by atoms with Crippen molar-refractivity contribution in [2.45, 2.75) is 12.2 Å². The molecule has 6 heteroatoms. The summed E-state index contributed by atoms with van der Waals surface area (Å²) in [4.78, 5) is 13.6. The SMILES string of the molecule is CC1CN(C(=O)c2cc(F)c(F)c(F)c2)CCS1. The summed E-state index contributed by atoms with van der Waals surface area (Å²) in [5.74, 6) is -3.89. The fourth-order valence-electron chi connectivity index (χ4n) is 1.86. The number of halogens is 3. The van der Waals surface area contributed by atoms with Gasteiger partial charge < -0.3 is 4.90 Å². The van der Waals surface area contributed by atoms with Gasteiger partial charge in [-0.05, 0) is 12.1 Å². The number of benzene rings is 1. The van der Waals surface area contributed by atoms with Crippen LogP contribution in [0.4, 0.5) is 13.2 Å². The number of amides is 1. The molecule has 0 aromatic heterocycles.